The Morgan fingerprint density at radius 2 is 2.00 bits per heavy atom. The molecular formula is C17H15N3O3. The van der Waals surface area contributed by atoms with Crippen LogP contribution in [0.2, 0.25) is 0 Å². The van der Waals surface area contributed by atoms with Crippen LogP contribution in [0, 0.1) is 0 Å². The van der Waals surface area contributed by atoms with Crippen LogP contribution in [-0.4, -0.2) is 23.8 Å². The molecule has 1 atom stereocenters. The summed E-state index contributed by atoms with van der Waals surface area (Å²) in [5.41, 5.74) is 7.84. The van der Waals surface area contributed by atoms with Gasteiger partial charge < -0.3 is 5.73 Å². The molecule has 4 rings (SSSR count). The topological polar surface area (TPSA) is 92.5 Å². The summed E-state index contributed by atoms with van der Waals surface area (Å²) in [5, 5.41) is 4.10. The van der Waals surface area contributed by atoms with Gasteiger partial charge in [-0.1, -0.05) is 24.3 Å². The molecule has 0 bridgehead atoms. The molecule has 3 amide bonds. The van der Waals surface area contributed by atoms with Crippen molar-refractivity contribution < 1.29 is 14.4 Å². The molecule has 3 N–H and O–H groups in total. The standard InChI is InChI=1S/C17H15N3O3/c18-8-10-5-4-9-2-1-3-11-14(9)15(10)17(23)20(11)12-6-7-13(21)19-16(12)22/h1-5,12H,6-8,18H2,(H,19,21,22). The maximum absolute atomic E-state index is 13.0. The molecule has 2 heterocycles. The molecule has 6 nitrogen and oxygen atoms in total. The summed E-state index contributed by atoms with van der Waals surface area (Å²) in [6, 6.07) is 8.76. The highest BCUT2D eigenvalue weighted by Gasteiger charge is 2.41. The predicted molar refractivity (Wildman–Crippen MR) is 84.8 cm³/mol. The van der Waals surface area contributed by atoms with E-state index in [0.29, 0.717) is 17.7 Å². The number of hydrogen-bond donors (Lipinski definition) is 2. The molecule has 0 spiro atoms. The molecule has 0 aromatic heterocycles. The fourth-order valence-electron chi connectivity index (χ4n) is 3.49. The van der Waals surface area contributed by atoms with Gasteiger partial charge >= 0.3 is 0 Å². The number of nitrogens with zero attached hydrogens (tertiary/aromatic N) is 1. The van der Waals surface area contributed by atoms with E-state index < -0.39 is 11.9 Å². The first-order valence-corrected chi connectivity index (χ1v) is 7.53. The Morgan fingerprint density at radius 3 is 2.74 bits per heavy atom. The predicted octanol–water partition coefficient (Wildman–Crippen LogP) is 1.06. The average molecular weight is 309 g/mol. The van der Waals surface area contributed by atoms with E-state index in [2.05, 4.69) is 5.32 Å². The van der Waals surface area contributed by atoms with Crippen LogP contribution in [0.25, 0.3) is 10.8 Å². The number of benzene rings is 2. The number of carbonyl (C=O) groups is 3. The van der Waals surface area contributed by atoms with Crippen LogP contribution in [0.1, 0.15) is 28.8 Å². The molecular weight excluding hydrogens is 294 g/mol. The van der Waals surface area contributed by atoms with Gasteiger partial charge in [0, 0.05) is 18.4 Å². The van der Waals surface area contributed by atoms with E-state index in [1.54, 1.807) is 0 Å². The fraction of sp³-hybridized carbons (Fsp3) is 0.235. The zero-order chi connectivity index (χ0) is 16.1. The second-order valence-corrected chi connectivity index (χ2v) is 5.82. The molecule has 1 unspecified atom stereocenters. The first-order valence-electron chi connectivity index (χ1n) is 7.53. The average Bonchev–Trinajstić information content (AvgIpc) is 2.83. The van der Waals surface area contributed by atoms with E-state index in [1.165, 1.54) is 4.90 Å². The van der Waals surface area contributed by atoms with Gasteiger partial charge in [-0.25, -0.2) is 0 Å². The summed E-state index contributed by atoms with van der Waals surface area (Å²) in [4.78, 5) is 38.1. The molecule has 1 fully saturated rings. The minimum Gasteiger partial charge on any atom is -0.326 e. The third-order valence-electron chi connectivity index (χ3n) is 4.54. The quantitative estimate of drug-likeness (QED) is 0.811. The van der Waals surface area contributed by atoms with Crippen LogP contribution >= 0.6 is 0 Å². The van der Waals surface area contributed by atoms with Crippen LogP contribution in [0.5, 0.6) is 0 Å². The SMILES string of the molecule is NCc1ccc2cccc3c2c1C(=O)N3C1CCC(=O)NC1=O. The van der Waals surface area contributed by atoms with Gasteiger partial charge in [0.05, 0.1) is 11.3 Å². The van der Waals surface area contributed by atoms with E-state index in [9.17, 15) is 14.4 Å². The molecule has 0 saturated carbocycles. The monoisotopic (exact) mass is 309 g/mol. The van der Waals surface area contributed by atoms with Gasteiger partial charge in [-0.3, -0.25) is 24.6 Å². The maximum Gasteiger partial charge on any atom is 0.260 e. The van der Waals surface area contributed by atoms with Crippen molar-refractivity contribution in [2.24, 2.45) is 5.73 Å². The van der Waals surface area contributed by atoms with E-state index in [4.69, 9.17) is 5.73 Å². The number of anilines is 1. The second-order valence-electron chi connectivity index (χ2n) is 5.82. The highest BCUT2D eigenvalue weighted by molar-refractivity contribution is 6.27. The van der Waals surface area contributed by atoms with E-state index in [-0.39, 0.29) is 24.8 Å². The Balaban J connectivity index is 1.89. The highest BCUT2D eigenvalue weighted by Crippen LogP contribution is 2.41. The minimum absolute atomic E-state index is 0.216. The molecule has 1 saturated heterocycles. The maximum atomic E-state index is 13.0. The number of hydrogen-bond acceptors (Lipinski definition) is 4. The first-order chi connectivity index (χ1) is 11.1. The van der Waals surface area contributed by atoms with Crippen LogP contribution in [-0.2, 0) is 16.1 Å². The molecule has 23 heavy (non-hydrogen) atoms. The van der Waals surface area contributed by atoms with Crippen molar-refractivity contribution in [2.75, 3.05) is 4.90 Å². The Hall–Kier alpha value is -2.73. The fourth-order valence-corrected chi connectivity index (χ4v) is 3.49. The summed E-state index contributed by atoms with van der Waals surface area (Å²) < 4.78 is 0. The lowest BCUT2D eigenvalue weighted by Crippen LogP contribution is -2.53. The van der Waals surface area contributed by atoms with Gasteiger partial charge in [-0.05, 0) is 23.4 Å². The summed E-state index contributed by atoms with van der Waals surface area (Å²) in [6.45, 7) is 0.258. The molecule has 2 aliphatic heterocycles. The van der Waals surface area contributed by atoms with Crippen LogP contribution in [0.3, 0.4) is 0 Å². The lowest BCUT2D eigenvalue weighted by Gasteiger charge is -2.30. The van der Waals surface area contributed by atoms with Gasteiger partial charge in [-0.2, -0.15) is 0 Å². The smallest absolute Gasteiger partial charge is 0.260 e. The van der Waals surface area contributed by atoms with Crippen molar-refractivity contribution >= 4 is 34.2 Å². The van der Waals surface area contributed by atoms with Gasteiger partial charge in [0.15, 0.2) is 0 Å². The zero-order valence-corrected chi connectivity index (χ0v) is 12.3. The van der Waals surface area contributed by atoms with Gasteiger partial charge in [0.25, 0.3) is 5.91 Å². The van der Waals surface area contributed by atoms with Crippen molar-refractivity contribution in [3.05, 3.63) is 41.5 Å². The molecule has 2 aromatic carbocycles. The molecule has 0 radical (unpaired) electrons. The summed E-state index contributed by atoms with van der Waals surface area (Å²) in [7, 11) is 0. The van der Waals surface area contributed by atoms with Crippen LogP contribution < -0.4 is 16.0 Å². The molecule has 2 aromatic rings. The van der Waals surface area contributed by atoms with Crippen LogP contribution in [0.15, 0.2) is 30.3 Å². The third kappa shape index (κ3) is 1.88. The minimum atomic E-state index is -0.663. The van der Waals surface area contributed by atoms with Crippen molar-refractivity contribution in [1.82, 2.24) is 5.32 Å². The van der Waals surface area contributed by atoms with Crippen LogP contribution in [0.4, 0.5) is 5.69 Å². The van der Waals surface area contributed by atoms with Crippen molar-refractivity contribution in [1.29, 1.82) is 0 Å². The molecule has 6 heteroatoms. The summed E-state index contributed by atoms with van der Waals surface area (Å²) in [5.74, 6) is -0.934. The number of nitrogens with one attached hydrogen (secondary N) is 1. The van der Waals surface area contributed by atoms with Crippen molar-refractivity contribution in [3.63, 3.8) is 0 Å². The molecule has 116 valence electrons. The lowest BCUT2D eigenvalue weighted by atomic mass is 10.00. The summed E-state index contributed by atoms with van der Waals surface area (Å²) in [6.07, 6.45) is 0.564. The molecule has 2 aliphatic rings. The number of nitrogens with two attached hydrogens (primary N) is 1. The Labute approximate surface area is 132 Å². The Kier molecular flexibility index (Phi) is 2.96. The Morgan fingerprint density at radius 1 is 1.17 bits per heavy atom. The highest BCUT2D eigenvalue weighted by atomic mass is 16.2. The van der Waals surface area contributed by atoms with E-state index in [1.807, 2.05) is 30.3 Å². The van der Waals surface area contributed by atoms with E-state index in [0.717, 1.165) is 16.3 Å². The molecule has 0 aliphatic carbocycles. The van der Waals surface area contributed by atoms with Gasteiger partial charge in [0.1, 0.15) is 6.04 Å². The Bertz CT molecular complexity index is 875. The number of imide groups is 1. The lowest BCUT2D eigenvalue weighted by molar-refractivity contribution is -0.134. The van der Waals surface area contributed by atoms with Gasteiger partial charge in [-0.15, -0.1) is 0 Å². The number of amides is 3. The van der Waals surface area contributed by atoms with E-state index >= 15 is 0 Å². The number of carbonyl (C=O) groups excluding carboxylic acids is 3. The second kappa shape index (κ2) is 4.89. The number of piperidine rings is 1. The number of rotatable bonds is 2. The van der Waals surface area contributed by atoms with Gasteiger partial charge in [0.2, 0.25) is 11.8 Å². The first kappa shape index (κ1) is 13.9. The third-order valence-corrected chi connectivity index (χ3v) is 4.54. The zero-order valence-electron chi connectivity index (χ0n) is 12.3. The van der Waals surface area contributed by atoms with Crippen molar-refractivity contribution in [3.8, 4) is 0 Å². The normalized spacial score (nSPS) is 20.3. The van der Waals surface area contributed by atoms with Crippen molar-refractivity contribution in [2.45, 2.75) is 25.4 Å². The summed E-state index contributed by atoms with van der Waals surface area (Å²) >= 11 is 0. The largest absolute Gasteiger partial charge is 0.326 e.